The molecule has 1 heterocycles. The van der Waals surface area contributed by atoms with Crippen LogP contribution in [0.25, 0.3) is 0 Å². The van der Waals surface area contributed by atoms with Crippen LogP contribution in [-0.4, -0.2) is 4.98 Å². The molecule has 94 valence electrons. The van der Waals surface area contributed by atoms with Gasteiger partial charge in [0.25, 0.3) is 0 Å². The van der Waals surface area contributed by atoms with Gasteiger partial charge in [0.05, 0.1) is 11.7 Å². The summed E-state index contributed by atoms with van der Waals surface area (Å²) in [6, 6.07) is 9.68. The quantitative estimate of drug-likeness (QED) is 0.924. The van der Waals surface area contributed by atoms with Gasteiger partial charge in [-0.25, -0.2) is 0 Å². The summed E-state index contributed by atoms with van der Waals surface area (Å²) in [6.07, 6.45) is 2.47. The Kier molecular flexibility index (Phi) is 4.38. The lowest BCUT2D eigenvalue weighted by atomic mass is 10.0. The maximum Gasteiger partial charge on any atom is 0.0577 e. The van der Waals surface area contributed by atoms with Gasteiger partial charge in [0.2, 0.25) is 0 Å². The Labute approximate surface area is 120 Å². The predicted molar refractivity (Wildman–Crippen MR) is 78.8 cm³/mol. The van der Waals surface area contributed by atoms with E-state index in [0.717, 1.165) is 26.3 Å². The molecule has 2 nitrogen and oxygen atoms in total. The number of hydrogen-bond acceptors (Lipinski definition) is 2. The second kappa shape index (κ2) is 5.83. The van der Waals surface area contributed by atoms with Crippen molar-refractivity contribution in [3.05, 3.63) is 62.8 Å². The first-order valence-corrected chi connectivity index (χ1v) is 6.85. The molecule has 0 bridgehead atoms. The van der Waals surface area contributed by atoms with Crippen molar-refractivity contribution < 1.29 is 0 Å². The minimum Gasteiger partial charge on any atom is -0.322 e. The topological polar surface area (TPSA) is 38.9 Å². The number of benzene rings is 1. The highest BCUT2D eigenvalue weighted by Crippen LogP contribution is 2.25. The molecule has 0 aliphatic carbocycles. The van der Waals surface area contributed by atoms with E-state index in [0.29, 0.717) is 6.42 Å². The van der Waals surface area contributed by atoms with E-state index in [1.165, 1.54) is 0 Å². The largest absolute Gasteiger partial charge is 0.322 e. The molecule has 0 radical (unpaired) electrons. The lowest BCUT2D eigenvalue weighted by molar-refractivity contribution is 0.695. The fourth-order valence-electron chi connectivity index (χ4n) is 1.79. The second-order valence-electron chi connectivity index (χ2n) is 4.30. The normalized spacial score (nSPS) is 12.4. The summed E-state index contributed by atoms with van der Waals surface area (Å²) in [4.78, 5) is 4.31. The Bertz CT molecular complexity index is 557. The van der Waals surface area contributed by atoms with Gasteiger partial charge in [-0.05, 0) is 48.7 Å². The molecule has 1 atom stereocenters. The number of rotatable bonds is 3. The minimum absolute atomic E-state index is 0.136. The molecule has 0 saturated carbocycles. The average molecular weight is 326 g/mol. The third-order valence-electron chi connectivity index (χ3n) is 2.77. The van der Waals surface area contributed by atoms with Crippen LogP contribution < -0.4 is 5.73 Å². The van der Waals surface area contributed by atoms with E-state index in [4.69, 9.17) is 17.3 Å². The molecule has 0 saturated heterocycles. The summed E-state index contributed by atoms with van der Waals surface area (Å²) in [5, 5.41) is 0.729. The first-order valence-electron chi connectivity index (χ1n) is 5.68. The van der Waals surface area contributed by atoms with E-state index in [9.17, 15) is 0 Å². The summed E-state index contributed by atoms with van der Waals surface area (Å²) < 4.78 is 0.971. The van der Waals surface area contributed by atoms with Gasteiger partial charge in [-0.1, -0.05) is 33.6 Å². The Morgan fingerprint density at radius 2 is 2.11 bits per heavy atom. The zero-order chi connectivity index (χ0) is 13.1. The van der Waals surface area contributed by atoms with Crippen molar-refractivity contribution in [2.45, 2.75) is 19.4 Å². The number of aromatic nitrogens is 1. The van der Waals surface area contributed by atoms with Gasteiger partial charge >= 0.3 is 0 Å². The fraction of sp³-hybridized carbons (Fsp3) is 0.214. The molecule has 2 N–H and O–H groups in total. The SMILES string of the molecule is Cc1ccnc(C(N)Cc2ccc(Br)cc2Cl)c1. The lowest BCUT2D eigenvalue weighted by Gasteiger charge is -2.13. The number of nitrogens with zero attached hydrogens (tertiary/aromatic N) is 1. The molecule has 1 aromatic heterocycles. The van der Waals surface area contributed by atoms with E-state index >= 15 is 0 Å². The summed E-state index contributed by atoms with van der Waals surface area (Å²) in [5.74, 6) is 0. The first-order chi connectivity index (χ1) is 8.56. The van der Waals surface area contributed by atoms with Gasteiger partial charge in [-0.2, -0.15) is 0 Å². The highest BCUT2D eigenvalue weighted by molar-refractivity contribution is 9.10. The molecule has 1 aromatic carbocycles. The zero-order valence-corrected chi connectivity index (χ0v) is 12.4. The number of hydrogen-bond donors (Lipinski definition) is 1. The van der Waals surface area contributed by atoms with Crippen LogP contribution in [-0.2, 0) is 6.42 Å². The number of aryl methyl sites for hydroxylation is 1. The molecule has 2 aromatic rings. The van der Waals surface area contributed by atoms with E-state index in [2.05, 4.69) is 20.9 Å². The Balaban J connectivity index is 2.18. The molecule has 0 spiro atoms. The summed E-state index contributed by atoms with van der Waals surface area (Å²) in [7, 11) is 0. The summed E-state index contributed by atoms with van der Waals surface area (Å²) in [5.41, 5.74) is 9.27. The van der Waals surface area contributed by atoms with E-state index < -0.39 is 0 Å². The molecule has 2 rings (SSSR count). The molecule has 0 amide bonds. The monoisotopic (exact) mass is 324 g/mol. The zero-order valence-electron chi connectivity index (χ0n) is 10.0. The van der Waals surface area contributed by atoms with Crippen LogP contribution in [0.1, 0.15) is 22.9 Å². The van der Waals surface area contributed by atoms with Gasteiger partial charge in [0.15, 0.2) is 0 Å². The molecule has 4 heteroatoms. The highest BCUT2D eigenvalue weighted by Gasteiger charge is 2.11. The molecule has 0 fully saturated rings. The van der Waals surface area contributed by atoms with Gasteiger partial charge in [0.1, 0.15) is 0 Å². The second-order valence-corrected chi connectivity index (χ2v) is 5.63. The molecule has 0 aliphatic heterocycles. The molecular formula is C14H14BrClN2. The summed E-state index contributed by atoms with van der Waals surface area (Å²) in [6.45, 7) is 2.03. The first kappa shape index (κ1) is 13.5. The van der Waals surface area contributed by atoms with Crippen LogP contribution in [0.3, 0.4) is 0 Å². The number of nitrogens with two attached hydrogens (primary N) is 1. The Morgan fingerprint density at radius 1 is 1.33 bits per heavy atom. The van der Waals surface area contributed by atoms with Crippen molar-refractivity contribution in [2.24, 2.45) is 5.73 Å². The van der Waals surface area contributed by atoms with Gasteiger partial charge in [-0.15, -0.1) is 0 Å². The van der Waals surface area contributed by atoms with Crippen molar-refractivity contribution in [3.8, 4) is 0 Å². The minimum atomic E-state index is -0.136. The summed E-state index contributed by atoms with van der Waals surface area (Å²) >= 11 is 9.58. The van der Waals surface area contributed by atoms with Crippen molar-refractivity contribution in [3.63, 3.8) is 0 Å². The number of pyridine rings is 1. The van der Waals surface area contributed by atoms with Gasteiger partial charge < -0.3 is 5.73 Å². The average Bonchev–Trinajstić information content (AvgIpc) is 2.32. The third-order valence-corrected chi connectivity index (χ3v) is 3.62. The number of halogens is 2. The Morgan fingerprint density at radius 3 is 2.78 bits per heavy atom. The maximum atomic E-state index is 6.19. The van der Waals surface area contributed by atoms with Crippen molar-refractivity contribution >= 4 is 27.5 Å². The Hall–Kier alpha value is -0.900. The smallest absolute Gasteiger partial charge is 0.0577 e. The van der Waals surface area contributed by atoms with Gasteiger partial charge in [0, 0.05) is 15.7 Å². The van der Waals surface area contributed by atoms with Crippen molar-refractivity contribution in [1.29, 1.82) is 0 Å². The van der Waals surface area contributed by atoms with Crippen LogP contribution in [0, 0.1) is 6.92 Å². The van der Waals surface area contributed by atoms with Gasteiger partial charge in [-0.3, -0.25) is 4.98 Å². The molecular weight excluding hydrogens is 312 g/mol. The van der Waals surface area contributed by atoms with Crippen molar-refractivity contribution in [1.82, 2.24) is 4.98 Å². The molecule has 18 heavy (non-hydrogen) atoms. The van der Waals surface area contributed by atoms with Crippen molar-refractivity contribution in [2.75, 3.05) is 0 Å². The molecule has 0 aliphatic rings. The maximum absolute atomic E-state index is 6.19. The van der Waals surface area contributed by atoms with E-state index in [1.54, 1.807) is 6.20 Å². The lowest BCUT2D eigenvalue weighted by Crippen LogP contribution is -2.15. The van der Waals surface area contributed by atoms with E-state index in [-0.39, 0.29) is 6.04 Å². The fourth-order valence-corrected chi connectivity index (χ4v) is 2.54. The predicted octanol–water partition coefficient (Wildman–Crippen LogP) is 4.05. The van der Waals surface area contributed by atoms with Crippen LogP contribution in [0.5, 0.6) is 0 Å². The standard InChI is InChI=1S/C14H14BrClN2/c1-9-4-5-18-14(6-9)13(17)7-10-2-3-11(15)8-12(10)16/h2-6,8,13H,7,17H2,1H3. The van der Waals surface area contributed by atoms with Crippen LogP contribution >= 0.6 is 27.5 Å². The highest BCUT2D eigenvalue weighted by atomic mass is 79.9. The molecule has 1 unspecified atom stereocenters. The van der Waals surface area contributed by atoms with E-state index in [1.807, 2.05) is 37.3 Å². The van der Waals surface area contributed by atoms with Crippen LogP contribution in [0.2, 0.25) is 5.02 Å². The van der Waals surface area contributed by atoms with Crippen LogP contribution in [0.4, 0.5) is 0 Å². The third kappa shape index (κ3) is 3.31. The van der Waals surface area contributed by atoms with Crippen LogP contribution in [0.15, 0.2) is 41.0 Å².